The summed E-state index contributed by atoms with van der Waals surface area (Å²) in [5.74, 6) is 0. The Hall–Kier alpha value is -0.730. The first-order valence-electron chi connectivity index (χ1n) is 6.16. The monoisotopic (exact) mass is 226 g/mol. The van der Waals surface area contributed by atoms with E-state index in [1.807, 2.05) is 0 Å². The van der Waals surface area contributed by atoms with Crippen LogP contribution in [-0.4, -0.2) is 18.1 Å². The molecule has 1 rings (SSSR count). The zero-order valence-corrected chi connectivity index (χ0v) is 11.5. The van der Waals surface area contributed by atoms with Crippen molar-refractivity contribution in [3.05, 3.63) is 0 Å². The molecule has 1 saturated heterocycles. The lowest BCUT2D eigenvalue weighted by atomic mass is 9.58. The van der Waals surface area contributed by atoms with Gasteiger partial charge in [-0.3, -0.25) is 0 Å². The van der Waals surface area contributed by atoms with E-state index in [1.54, 1.807) is 0 Å². The second-order valence-electron chi connectivity index (χ2n) is 6.89. The highest BCUT2D eigenvalue weighted by atomic mass is 16.2. The molecule has 0 unspecified atom stereocenters. The normalized spacial score (nSPS) is 22.0. The van der Waals surface area contributed by atoms with Crippen LogP contribution in [0.3, 0.4) is 0 Å². The maximum atomic E-state index is 11.8. The fraction of sp³-hybridized carbons (Fsp3) is 0.923. The fourth-order valence-electron chi connectivity index (χ4n) is 3.11. The molecule has 1 aliphatic rings. The minimum atomic E-state index is -0.152. The summed E-state index contributed by atoms with van der Waals surface area (Å²) >= 11 is 0. The molecule has 1 heterocycles. The van der Waals surface area contributed by atoms with Crippen molar-refractivity contribution in [3.63, 3.8) is 0 Å². The molecule has 0 aromatic carbocycles. The second kappa shape index (κ2) is 3.94. The van der Waals surface area contributed by atoms with Crippen molar-refractivity contribution in [1.82, 2.24) is 10.6 Å². The number of carbonyl (C=O) groups is 1. The van der Waals surface area contributed by atoms with Crippen molar-refractivity contribution >= 4 is 6.03 Å². The highest BCUT2D eigenvalue weighted by Gasteiger charge is 2.51. The van der Waals surface area contributed by atoms with E-state index in [-0.39, 0.29) is 22.4 Å². The summed E-state index contributed by atoms with van der Waals surface area (Å²) in [6.45, 7) is 14.1. The topological polar surface area (TPSA) is 41.1 Å². The summed E-state index contributed by atoms with van der Waals surface area (Å²) in [4.78, 5) is 11.8. The van der Waals surface area contributed by atoms with E-state index in [2.05, 4.69) is 52.2 Å². The van der Waals surface area contributed by atoms with Crippen molar-refractivity contribution in [2.75, 3.05) is 6.54 Å². The van der Waals surface area contributed by atoms with E-state index in [0.717, 1.165) is 19.4 Å². The highest BCUT2D eigenvalue weighted by Crippen LogP contribution is 2.47. The van der Waals surface area contributed by atoms with Gasteiger partial charge in [0.05, 0.1) is 5.54 Å². The van der Waals surface area contributed by atoms with Gasteiger partial charge in [-0.15, -0.1) is 0 Å². The molecule has 0 radical (unpaired) electrons. The molecule has 0 atom stereocenters. The van der Waals surface area contributed by atoms with Crippen LogP contribution in [-0.2, 0) is 0 Å². The number of rotatable bonds is 0. The van der Waals surface area contributed by atoms with Crippen molar-refractivity contribution in [2.45, 2.75) is 59.9 Å². The van der Waals surface area contributed by atoms with Gasteiger partial charge in [-0.25, -0.2) is 4.79 Å². The average molecular weight is 226 g/mol. The quantitative estimate of drug-likeness (QED) is 0.655. The summed E-state index contributed by atoms with van der Waals surface area (Å²) in [5, 5.41) is 6.12. The summed E-state index contributed by atoms with van der Waals surface area (Å²) in [6.07, 6.45) is 2.06. The van der Waals surface area contributed by atoms with E-state index in [0.29, 0.717) is 0 Å². The van der Waals surface area contributed by atoms with Crippen molar-refractivity contribution in [2.24, 2.45) is 10.8 Å². The van der Waals surface area contributed by atoms with Crippen LogP contribution in [0.5, 0.6) is 0 Å². The third-order valence-corrected chi connectivity index (χ3v) is 3.90. The van der Waals surface area contributed by atoms with Crippen LogP contribution in [0, 0.1) is 10.8 Å². The zero-order valence-electron chi connectivity index (χ0n) is 11.5. The smallest absolute Gasteiger partial charge is 0.315 e. The van der Waals surface area contributed by atoms with E-state index in [4.69, 9.17) is 0 Å². The number of carbonyl (C=O) groups excluding carboxylic acids is 1. The molecule has 16 heavy (non-hydrogen) atoms. The molecule has 2 amide bonds. The van der Waals surface area contributed by atoms with Gasteiger partial charge < -0.3 is 10.6 Å². The van der Waals surface area contributed by atoms with Crippen LogP contribution < -0.4 is 10.6 Å². The van der Waals surface area contributed by atoms with Crippen molar-refractivity contribution < 1.29 is 4.79 Å². The predicted octanol–water partition coefficient (Wildman–Crippen LogP) is 2.91. The average Bonchev–Trinajstić information content (AvgIpc) is 2.24. The molecule has 0 saturated carbocycles. The molecular formula is C13H26N2O. The van der Waals surface area contributed by atoms with Crippen LogP contribution in [0.25, 0.3) is 0 Å². The number of hydrogen-bond acceptors (Lipinski definition) is 1. The predicted molar refractivity (Wildman–Crippen MR) is 67.4 cm³/mol. The Morgan fingerprint density at radius 1 is 1.06 bits per heavy atom. The molecule has 0 bridgehead atoms. The van der Waals surface area contributed by atoms with Crippen LogP contribution in [0.15, 0.2) is 0 Å². The lowest BCUT2D eigenvalue weighted by Crippen LogP contribution is -2.64. The molecule has 1 fully saturated rings. The first-order valence-corrected chi connectivity index (χ1v) is 6.16. The first kappa shape index (κ1) is 13.3. The molecule has 0 aromatic heterocycles. The molecule has 3 heteroatoms. The van der Waals surface area contributed by atoms with E-state index in [1.165, 1.54) is 0 Å². The largest absolute Gasteiger partial charge is 0.338 e. The first-order chi connectivity index (χ1) is 7.10. The SMILES string of the molecule is CC(C)(C)C1(C(C)(C)C)CCCNC(=O)N1. The lowest BCUT2D eigenvalue weighted by molar-refractivity contribution is 0.0263. The Morgan fingerprint density at radius 3 is 2.00 bits per heavy atom. The lowest BCUT2D eigenvalue weighted by Gasteiger charge is -2.53. The van der Waals surface area contributed by atoms with Gasteiger partial charge in [0, 0.05) is 6.54 Å². The molecule has 94 valence electrons. The minimum Gasteiger partial charge on any atom is -0.338 e. The van der Waals surface area contributed by atoms with Gasteiger partial charge in [0.15, 0.2) is 0 Å². The number of amides is 2. The van der Waals surface area contributed by atoms with E-state index in [9.17, 15) is 4.79 Å². The molecule has 3 nitrogen and oxygen atoms in total. The van der Waals surface area contributed by atoms with Crippen LogP contribution in [0.4, 0.5) is 4.79 Å². The van der Waals surface area contributed by atoms with Crippen molar-refractivity contribution in [1.29, 1.82) is 0 Å². The standard InChI is InChI=1S/C13H26N2O/c1-11(2,3)13(12(4,5)6)8-7-9-14-10(16)15-13/h7-9H2,1-6H3,(H2,14,15,16). The van der Waals surface area contributed by atoms with Gasteiger partial charge in [-0.1, -0.05) is 41.5 Å². The molecule has 2 N–H and O–H groups in total. The third-order valence-electron chi connectivity index (χ3n) is 3.90. The number of urea groups is 1. The van der Waals surface area contributed by atoms with Gasteiger partial charge in [-0.2, -0.15) is 0 Å². The van der Waals surface area contributed by atoms with Crippen molar-refractivity contribution in [3.8, 4) is 0 Å². The van der Waals surface area contributed by atoms with Gasteiger partial charge in [0.25, 0.3) is 0 Å². The Balaban J connectivity index is 3.17. The van der Waals surface area contributed by atoms with Gasteiger partial charge in [-0.05, 0) is 23.7 Å². The summed E-state index contributed by atoms with van der Waals surface area (Å²) in [5.41, 5.74) is -0.0551. The van der Waals surface area contributed by atoms with Gasteiger partial charge in [0.2, 0.25) is 0 Å². The second-order valence-corrected chi connectivity index (χ2v) is 6.89. The Kier molecular flexibility index (Phi) is 3.28. The number of nitrogens with one attached hydrogen (secondary N) is 2. The molecule has 0 spiro atoms. The molecule has 1 aliphatic heterocycles. The Bertz CT molecular complexity index is 257. The Morgan fingerprint density at radius 2 is 1.56 bits per heavy atom. The highest BCUT2D eigenvalue weighted by molar-refractivity contribution is 5.75. The summed E-state index contributed by atoms with van der Waals surface area (Å²) in [6, 6.07) is -0.0256. The summed E-state index contributed by atoms with van der Waals surface area (Å²) in [7, 11) is 0. The van der Waals surface area contributed by atoms with Gasteiger partial charge >= 0.3 is 6.03 Å². The number of hydrogen-bond donors (Lipinski definition) is 2. The minimum absolute atomic E-state index is 0.0256. The molecular weight excluding hydrogens is 200 g/mol. The third kappa shape index (κ3) is 2.18. The van der Waals surface area contributed by atoms with Crippen LogP contribution >= 0.6 is 0 Å². The maximum Gasteiger partial charge on any atom is 0.315 e. The van der Waals surface area contributed by atoms with Crippen LogP contribution in [0.1, 0.15) is 54.4 Å². The van der Waals surface area contributed by atoms with E-state index >= 15 is 0 Å². The zero-order chi connectivity index (χ0) is 12.6. The van der Waals surface area contributed by atoms with E-state index < -0.39 is 0 Å². The van der Waals surface area contributed by atoms with Gasteiger partial charge in [0.1, 0.15) is 0 Å². The Labute approximate surface area is 99.4 Å². The van der Waals surface area contributed by atoms with Crippen LogP contribution in [0.2, 0.25) is 0 Å². The summed E-state index contributed by atoms with van der Waals surface area (Å²) < 4.78 is 0. The molecule has 0 aliphatic carbocycles. The maximum absolute atomic E-state index is 11.8. The fourth-order valence-corrected chi connectivity index (χ4v) is 3.11. The molecule has 0 aromatic rings.